The topological polar surface area (TPSA) is 242 Å². The highest BCUT2D eigenvalue weighted by atomic mass is 32.2. The Bertz CT molecular complexity index is 3010. The van der Waals surface area contributed by atoms with Crippen molar-refractivity contribution >= 4 is 56.4 Å². The molecule has 66 heavy (non-hydrogen) atoms. The normalized spacial score (nSPS) is 19.2. The number of nitrogens with zero attached hydrogens (tertiary/aromatic N) is 9. The summed E-state index contributed by atoms with van der Waals surface area (Å²) < 4.78 is 70.7. The lowest BCUT2D eigenvalue weighted by Gasteiger charge is -2.34. The number of hydrogen-bond acceptors (Lipinski definition) is 15. The van der Waals surface area contributed by atoms with Gasteiger partial charge in [0, 0.05) is 52.2 Å². The van der Waals surface area contributed by atoms with Crippen molar-refractivity contribution < 1.29 is 45.9 Å². The molecule has 1 unspecified atom stereocenters. The van der Waals surface area contributed by atoms with E-state index < -0.39 is 68.7 Å². The van der Waals surface area contributed by atoms with Crippen molar-refractivity contribution in [1.82, 2.24) is 38.9 Å². The van der Waals surface area contributed by atoms with Gasteiger partial charge in [-0.1, -0.05) is 0 Å². The Balaban J connectivity index is 0.788. The first-order valence-corrected chi connectivity index (χ1v) is 22.3. The number of amides is 4. The Morgan fingerprint density at radius 1 is 0.894 bits per heavy atom. The van der Waals surface area contributed by atoms with Crippen LogP contribution in [-0.4, -0.2) is 130 Å². The Kier molecular flexibility index (Phi) is 11.9. The van der Waals surface area contributed by atoms with Gasteiger partial charge in [-0.25, -0.2) is 23.7 Å². The average molecular weight is 924 g/mol. The first kappa shape index (κ1) is 43.8. The van der Waals surface area contributed by atoms with Crippen LogP contribution in [0, 0.1) is 17.1 Å². The van der Waals surface area contributed by atoms with Gasteiger partial charge in [-0.05, 0) is 67.8 Å². The van der Waals surface area contributed by atoms with Crippen LogP contribution in [0.4, 0.5) is 20.4 Å². The highest BCUT2D eigenvalue weighted by Gasteiger charge is 2.45. The van der Waals surface area contributed by atoms with Gasteiger partial charge in [0.05, 0.1) is 52.4 Å². The molecule has 0 bridgehead atoms. The summed E-state index contributed by atoms with van der Waals surface area (Å²) in [6.45, 7) is 3.37. The fraction of sp³-hybridized carbons (Fsp3) is 0.326. The SMILES string of the molecule is N#Cc1c(NS(=O)(=O)N2CC[C@@H](F)C2)ccc(F)c1Oc1ccc2ncn(-c3cnc(N4CCN(CCCOc5ccc6c(c5)C(=O)N(C5CCC(=O)NC5=O)C6=O)CC4)nc3)c(=O)c2c1. The molecule has 23 heteroatoms. The number of carbonyl (C=O) groups is 4. The maximum absolute atomic E-state index is 15.1. The van der Waals surface area contributed by atoms with Crippen molar-refractivity contribution in [2.45, 2.75) is 37.9 Å². The summed E-state index contributed by atoms with van der Waals surface area (Å²) in [4.78, 5) is 82.4. The number of piperazine rings is 1. The van der Waals surface area contributed by atoms with E-state index in [1.165, 1.54) is 53.6 Å². The summed E-state index contributed by atoms with van der Waals surface area (Å²) in [7, 11) is -4.26. The number of piperidine rings is 1. The third-order valence-corrected chi connectivity index (χ3v) is 13.2. The number of imide groups is 2. The van der Waals surface area contributed by atoms with Crippen molar-refractivity contribution in [3.05, 3.63) is 100 Å². The van der Waals surface area contributed by atoms with E-state index in [1.54, 1.807) is 12.1 Å². The zero-order valence-corrected chi connectivity index (χ0v) is 35.7. The van der Waals surface area contributed by atoms with Gasteiger partial charge in [-0.15, -0.1) is 0 Å². The van der Waals surface area contributed by atoms with Crippen LogP contribution in [0.25, 0.3) is 16.6 Å². The van der Waals surface area contributed by atoms with Crippen molar-refractivity contribution in [3.8, 4) is 29.0 Å². The third kappa shape index (κ3) is 8.60. The average Bonchev–Trinajstić information content (AvgIpc) is 3.86. The Hall–Kier alpha value is -7.42. The number of nitrogens with one attached hydrogen (secondary N) is 2. The molecule has 0 aliphatic carbocycles. The van der Waals surface area contributed by atoms with E-state index in [0.717, 1.165) is 27.9 Å². The number of alkyl halides is 1. The van der Waals surface area contributed by atoms with E-state index in [1.807, 2.05) is 4.90 Å². The zero-order chi connectivity index (χ0) is 46.3. The number of halogens is 2. The summed E-state index contributed by atoms with van der Waals surface area (Å²) in [6.07, 6.45) is 3.80. The van der Waals surface area contributed by atoms with Gasteiger partial charge in [0.15, 0.2) is 11.6 Å². The van der Waals surface area contributed by atoms with Crippen LogP contribution >= 0.6 is 0 Å². The molecule has 3 fully saturated rings. The van der Waals surface area contributed by atoms with Crippen LogP contribution < -0.4 is 30.0 Å². The molecule has 20 nitrogen and oxygen atoms in total. The van der Waals surface area contributed by atoms with E-state index in [-0.39, 0.29) is 60.3 Å². The lowest BCUT2D eigenvalue weighted by Crippen LogP contribution is -2.54. The van der Waals surface area contributed by atoms with Crippen molar-refractivity contribution in [2.24, 2.45) is 0 Å². The fourth-order valence-electron chi connectivity index (χ4n) is 8.22. The molecule has 9 rings (SSSR count). The standard InChI is InChI=1S/C43H39F2N11O9S/c44-25-10-12-54(23-25)66(62,63)51-35-7-5-33(45)38(32(35)20-46)65-28-3-6-34-31(19-28)40(59)55(24-49-34)26-21-47-43(48-22-26)53-15-13-52(14-16-53)11-1-17-64-27-2-4-29-30(18-27)42(61)56(41(29)60)36-8-9-37(57)50-39(36)58/h2-7,18-19,21-22,24-25,36,51H,1,8-17,23H2,(H,50,57,58)/t25-,36?/m1/s1. The second kappa shape index (κ2) is 17.9. The summed E-state index contributed by atoms with van der Waals surface area (Å²) in [5, 5.41) is 12.2. The number of ether oxygens (including phenoxy) is 2. The minimum absolute atomic E-state index is 0.0264. The number of carbonyl (C=O) groups excluding carboxylic acids is 4. The van der Waals surface area contributed by atoms with Gasteiger partial charge < -0.3 is 14.4 Å². The zero-order valence-electron chi connectivity index (χ0n) is 34.9. The number of rotatable bonds is 13. The van der Waals surface area contributed by atoms with Crippen LogP contribution in [0.3, 0.4) is 0 Å². The Labute approximate surface area is 374 Å². The number of anilines is 2. The molecule has 4 amide bonds. The molecule has 0 radical (unpaired) electrons. The predicted molar refractivity (Wildman–Crippen MR) is 230 cm³/mol. The van der Waals surface area contributed by atoms with Crippen molar-refractivity contribution in [3.63, 3.8) is 0 Å². The van der Waals surface area contributed by atoms with Gasteiger partial charge in [0.25, 0.3) is 17.4 Å². The van der Waals surface area contributed by atoms with Crippen LogP contribution in [0.5, 0.6) is 17.2 Å². The van der Waals surface area contributed by atoms with Crippen molar-refractivity contribution in [2.75, 3.05) is 62.0 Å². The smallest absolute Gasteiger partial charge is 0.301 e. The van der Waals surface area contributed by atoms with E-state index in [2.05, 4.69) is 29.9 Å². The first-order valence-electron chi connectivity index (χ1n) is 20.9. The summed E-state index contributed by atoms with van der Waals surface area (Å²) in [6, 6.07) is 11.6. The van der Waals surface area contributed by atoms with E-state index >= 15 is 4.39 Å². The molecule has 5 aromatic rings. The Morgan fingerprint density at radius 2 is 1.65 bits per heavy atom. The first-order chi connectivity index (χ1) is 31.8. The van der Waals surface area contributed by atoms with Crippen LogP contribution in [0.1, 0.15) is 52.0 Å². The maximum Gasteiger partial charge on any atom is 0.301 e. The molecule has 6 heterocycles. The third-order valence-electron chi connectivity index (χ3n) is 11.7. The molecular formula is C43H39F2N11O9S. The molecule has 3 aromatic carbocycles. The van der Waals surface area contributed by atoms with Gasteiger partial charge >= 0.3 is 10.2 Å². The molecule has 2 aromatic heterocycles. The van der Waals surface area contributed by atoms with Gasteiger partial charge in [-0.3, -0.25) is 48.4 Å². The van der Waals surface area contributed by atoms with Gasteiger partial charge in [-0.2, -0.15) is 18.0 Å². The number of fused-ring (bicyclic) bond motifs is 2. The number of aromatic nitrogens is 4. The fourth-order valence-corrected chi connectivity index (χ4v) is 9.50. The quantitative estimate of drug-likeness (QED) is 0.127. The van der Waals surface area contributed by atoms with Gasteiger partial charge in [0.2, 0.25) is 17.8 Å². The molecule has 2 N–H and O–H groups in total. The molecular weight excluding hydrogens is 885 g/mol. The molecule has 340 valence electrons. The lowest BCUT2D eigenvalue weighted by atomic mass is 10.0. The molecule has 0 spiro atoms. The largest absolute Gasteiger partial charge is 0.494 e. The minimum Gasteiger partial charge on any atom is -0.494 e. The van der Waals surface area contributed by atoms with E-state index in [4.69, 9.17) is 9.47 Å². The maximum atomic E-state index is 15.1. The number of hydrogen-bond donors (Lipinski definition) is 2. The number of benzene rings is 3. The Morgan fingerprint density at radius 3 is 2.38 bits per heavy atom. The second-order valence-electron chi connectivity index (χ2n) is 15.9. The highest BCUT2D eigenvalue weighted by molar-refractivity contribution is 7.90. The number of nitriles is 1. The summed E-state index contributed by atoms with van der Waals surface area (Å²) in [5.41, 5.74) is -0.304. The molecule has 4 aliphatic rings. The molecule has 3 saturated heterocycles. The van der Waals surface area contributed by atoms with Crippen molar-refractivity contribution in [1.29, 1.82) is 5.26 Å². The monoisotopic (exact) mass is 923 g/mol. The highest BCUT2D eigenvalue weighted by Crippen LogP contribution is 2.35. The van der Waals surface area contributed by atoms with E-state index in [0.29, 0.717) is 62.1 Å². The lowest BCUT2D eigenvalue weighted by molar-refractivity contribution is -0.136. The van der Waals surface area contributed by atoms with E-state index in [9.17, 15) is 42.0 Å². The van der Waals surface area contributed by atoms with Crippen LogP contribution in [0.2, 0.25) is 0 Å². The molecule has 4 aliphatic heterocycles. The molecule has 0 saturated carbocycles. The van der Waals surface area contributed by atoms with Crippen LogP contribution in [0.15, 0.2) is 72.0 Å². The van der Waals surface area contributed by atoms with Gasteiger partial charge in [0.1, 0.15) is 41.7 Å². The summed E-state index contributed by atoms with van der Waals surface area (Å²) >= 11 is 0. The van der Waals surface area contributed by atoms with Crippen LogP contribution in [-0.2, 0) is 19.8 Å². The second-order valence-corrected chi connectivity index (χ2v) is 17.6. The summed E-state index contributed by atoms with van der Waals surface area (Å²) in [5.74, 6) is -3.00. The minimum atomic E-state index is -4.26. The predicted octanol–water partition coefficient (Wildman–Crippen LogP) is 2.67. The molecule has 2 atom stereocenters.